The lowest BCUT2D eigenvalue weighted by molar-refractivity contribution is 0.512. The Bertz CT molecular complexity index is 1320. The first-order chi connectivity index (χ1) is 14.6. The third-order valence-electron chi connectivity index (χ3n) is 5.93. The summed E-state index contributed by atoms with van der Waals surface area (Å²) in [5, 5.41) is 2.41. The average Bonchev–Trinajstić information content (AvgIpc) is 3.17. The zero-order chi connectivity index (χ0) is 20.7. The van der Waals surface area contributed by atoms with E-state index in [4.69, 9.17) is 9.97 Å². The normalized spacial score (nSPS) is 12.7. The van der Waals surface area contributed by atoms with Crippen molar-refractivity contribution in [2.24, 2.45) is 5.92 Å². The molecule has 0 aliphatic carbocycles. The molecule has 0 aliphatic heterocycles. The molecule has 0 amide bonds. The minimum absolute atomic E-state index is 0.307. The fourth-order valence-electron chi connectivity index (χ4n) is 3.80. The monoisotopic (exact) mass is 408 g/mol. The van der Waals surface area contributed by atoms with Crippen LogP contribution in [0.15, 0.2) is 78.9 Å². The predicted octanol–water partition coefficient (Wildman–Crippen LogP) is 7.94. The maximum Gasteiger partial charge on any atom is 0.133 e. The third-order valence-corrected chi connectivity index (χ3v) is 6.99. The van der Waals surface area contributed by atoms with Gasteiger partial charge < -0.3 is 0 Å². The van der Waals surface area contributed by atoms with Gasteiger partial charge in [0.1, 0.15) is 10.7 Å². The van der Waals surface area contributed by atoms with E-state index in [0.717, 1.165) is 21.9 Å². The maximum atomic E-state index is 5.11. The summed E-state index contributed by atoms with van der Waals surface area (Å²) in [5.74, 6) is 1.73. The van der Waals surface area contributed by atoms with Crippen molar-refractivity contribution < 1.29 is 0 Å². The van der Waals surface area contributed by atoms with Crippen LogP contribution in [0.4, 0.5) is 0 Å². The lowest BCUT2D eigenvalue weighted by Gasteiger charge is -2.16. The molecule has 5 rings (SSSR count). The first-order valence-electron chi connectivity index (χ1n) is 10.5. The van der Waals surface area contributed by atoms with E-state index in [1.165, 1.54) is 26.6 Å². The molecule has 0 N–H and O–H groups in total. The number of nitrogens with zero attached hydrogens (tertiary/aromatic N) is 2. The topological polar surface area (TPSA) is 25.8 Å². The van der Waals surface area contributed by atoms with E-state index in [2.05, 4.69) is 99.6 Å². The summed E-state index contributed by atoms with van der Waals surface area (Å²) >= 11 is 1.76. The number of hydrogen-bond acceptors (Lipinski definition) is 3. The van der Waals surface area contributed by atoms with Crippen LogP contribution in [0.2, 0.25) is 0 Å². The van der Waals surface area contributed by atoms with Crippen LogP contribution >= 0.6 is 11.3 Å². The summed E-state index contributed by atoms with van der Waals surface area (Å²) in [6, 6.07) is 27.8. The van der Waals surface area contributed by atoms with Crippen LogP contribution in [0.5, 0.6) is 0 Å². The Labute approximate surface area is 181 Å². The van der Waals surface area contributed by atoms with Gasteiger partial charge in [-0.1, -0.05) is 93.6 Å². The quantitative estimate of drug-likeness (QED) is 0.302. The molecule has 0 bridgehead atoms. The van der Waals surface area contributed by atoms with Gasteiger partial charge >= 0.3 is 0 Å². The summed E-state index contributed by atoms with van der Waals surface area (Å²) in [4.78, 5) is 11.2. The second kappa shape index (κ2) is 7.66. The minimum atomic E-state index is 0.307. The summed E-state index contributed by atoms with van der Waals surface area (Å²) < 4.78 is 1.26. The van der Waals surface area contributed by atoms with Gasteiger partial charge in [0, 0.05) is 27.0 Å². The van der Waals surface area contributed by atoms with Crippen LogP contribution in [-0.2, 0) is 0 Å². The lowest BCUT2D eigenvalue weighted by atomic mass is 9.96. The molecule has 0 aliphatic rings. The highest BCUT2D eigenvalue weighted by Gasteiger charge is 2.20. The first kappa shape index (κ1) is 19.0. The number of aromatic nitrogens is 2. The van der Waals surface area contributed by atoms with E-state index in [9.17, 15) is 0 Å². The van der Waals surface area contributed by atoms with Crippen LogP contribution < -0.4 is 0 Å². The van der Waals surface area contributed by atoms with Crippen molar-refractivity contribution in [2.45, 2.75) is 26.7 Å². The van der Waals surface area contributed by atoms with Crippen LogP contribution in [0.1, 0.15) is 32.5 Å². The molecule has 0 saturated heterocycles. The molecule has 1 unspecified atom stereocenters. The maximum absolute atomic E-state index is 5.11. The molecule has 2 nitrogen and oxygen atoms in total. The summed E-state index contributed by atoms with van der Waals surface area (Å²) in [5.41, 5.74) is 4.63. The summed E-state index contributed by atoms with van der Waals surface area (Å²) in [6.07, 6.45) is 0. The fraction of sp³-hybridized carbons (Fsp3) is 0.185. The minimum Gasteiger partial charge on any atom is -0.232 e. The molecule has 0 fully saturated rings. The van der Waals surface area contributed by atoms with Gasteiger partial charge in [-0.2, -0.15) is 0 Å². The Morgan fingerprint density at radius 3 is 2.03 bits per heavy atom. The van der Waals surface area contributed by atoms with E-state index < -0.39 is 0 Å². The third kappa shape index (κ3) is 3.29. The van der Waals surface area contributed by atoms with E-state index in [-0.39, 0.29) is 0 Å². The van der Waals surface area contributed by atoms with Crippen molar-refractivity contribution in [3.63, 3.8) is 0 Å². The van der Waals surface area contributed by atoms with Crippen molar-refractivity contribution >= 4 is 31.6 Å². The Morgan fingerprint density at radius 2 is 1.30 bits per heavy atom. The molecule has 3 aromatic carbocycles. The van der Waals surface area contributed by atoms with Crippen molar-refractivity contribution in [3.05, 3.63) is 84.7 Å². The molecular formula is C27H24N2S. The molecule has 5 aromatic rings. The Kier molecular flexibility index (Phi) is 4.84. The molecule has 3 heteroatoms. The van der Waals surface area contributed by atoms with Gasteiger partial charge in [-0.3, -0.25) is 0 Å². The van der Waals surface area contributed by atoms with Gasteiger partial charge in [0.2, 0.25) is 0 Å². The van der Waals surface area contributed by atoms with Crippen LogP contribution in [0, 0.1) is 5.92 Å². The molecule has 0 spiro atoms. The number of rotatable bonds is 4. The molecule has 1 atom stereocenters. The highest BCUT2D eigenvalue weighted by atomic mass is 32.1. The van der Waals surface area contributed by atoms with Gasteiger partial charge in [-0.25, -0.2) is 9.97 Å². The van der Waals surface area contributed by atoms with Crippen molar-refractivity contribution in [1.29, 1.82) is 0 Å². The molecule has 2 heterocycles. The number of fused-ring (bicyclic) bond motifs is 3. The summed E-state index contributed by atoms with van der Waals surface area (Å²) in [7, 11) is 0. The average molecular weight is 409 g/mol. The molecule has 30 heavy (non-hydrogen) atoms. The zero-order valence-corrected chi connectivity index (χ0v) is 18.3. The standard InChI is InChI=1S/C27H24N2S/c1-17(2)18(3)26-28-25(24-22-11-7-8-12-23(22)30-27(24)29-26)21-15-13-20(14-16-21)19-9-5-4-6-10-19/h4-18H,1-3H3. The van der Waals surface area contributed by atoms with Gasteiger partial charge in [-0.05, 0) is 23.1 Å². The number of benzene rings is 3. The van der Waals surface area contributed by atoms with Gasteiger partial charge in [0.25, 0.3) is 0 Å². The number of hydrogen-bond donors (Lipinski definition) is 0. The molecular weight excluding hydrogens is 384 g/mol. The largest absolute Gasteiger partial charge is 0.232 e. The van der Waals surface area contributed by atoms with Crippen molar-refractivity contribution in [3.8, 4) is 22.4 Å². The van der Waals surface area contributed by atoms with Gasteiger partial charge in [-0.15, -0.1) is 11.3 Å². The second-order valence-electron chi connectivity index (χ2n) is 8.18. The van der Waals surface area contributed by atoms with Crippen LogP contribution in [-0.4, -0.2) is 9.97 Å². The highest BCUT2D eigenvalue weighted by Crippen LogP contribution is 2.39. The Balaban J connectivity index is 1.72. The zero-order valence-electron chi connectivity index (χ0n) is 17.5. The fourth-order valence-corrected chi connectivity index (χ4v) is 4.88. The van der Waals surface area contributed by atoms with Crippen LogP contribution in [0.25, 0.3) is 42.7 Å². The van der Waals surface area contributed by atoms with E-state index in [0.29, 0.717) is 11.8 Å². The number of thiophene rings is 1. The Morgan fingerprint density at radius 1 is 0.667 bits per heavy atom. The molecule has 0 radical (unpaired) electrons. The van der Waals surface area contributed by atoms with E-state index in [1.807, 2.05) is 0 Å². The summed E-state index contributed by atoms with van der Waals surface area (Å²) in [6.45, 7) is 6.69. The lowest BCUT2D eigenvalue weighted by Crippen LogP contribution is -2.08. The van der Waals surface area contributed by atoms with Gasteiger partial charge in [0.05, 0.1) is 5.69 Å². The second-order valence-corrected chi connectivity index (χ2v) is 9.22. The predicted molar refractivity (Wildman–Crippen MR) is 129 cm³/mol. The van der Waals surface area contributed by atoms with E-state index in [1.54, 1.807) is 11.3 Å². The molecule has 148 valence electrons. The van der Waals surface area contributed by atoms with Crippen molar-refractivity contribution in [2.75, 3.05) is 0 Å². The van der Waals surface area contributed by atoms with Gasteiger partial charge in [0.15, 0.2) is 0 Å². The SMILES string of the molecule is CC(C)C(C)c1nc(-c2ccc(-c3ccccc3)cc2)c2c(n1)sc1ccccc12. The molecule has 0 saturated carbocycles. The molecule has 2 aromatic heterocycles. The van der Waals surface area contributed by atoms with Crippen molar-refractivity contribution in [1.82, 2.24) is 9.97 Å². The Hall–Kier alpha value is -3.04. The highest BCUT2D eigenvalue weighted by molar-refractivity contribution is 7.25. The van der Waals surface area contributed by atoms with Crippen LogP contribution in [0.3, 0.4) is 0 Å². The first-order valence-corrected chi connectivity index (χ1v) is 11.3. The smallest absolute Gasteiger partial charge is 0.133 e. The van der Waals surface area contributed by atoms with E-state index >= 15 is 0 Å².